The minimum absolute atomic E-state index is 0.0450. The zero-order chi connectivity index (χ0) is 26.2. The maximum absolute atomic E-state index is 13.2. The average molecular weight is 498 g/mol. The lowest BCUT2D eigenvalue weighted by Gasteiger charge is -2.11. The molecule has 36 heavy (non-hydrogen) atoms. The predicted octanol–water partition coefficient (Wildman–Crippen LogP) is 5.60. The highest BCUT2D eigenvalue weighted by molar-refractivity contribution is 6.05. The fourth-order valence-corrected chi connectivity index (χ4v) is 3.77. The van der Waals surface area contributed by atoms with E-state index >= 15 is 0 Å². The number of nitro benzene ring substituents is 1. The standard InChI is InChI=1S/C24H17F3N4O5/c1-2-30-20-12-14(5-9-17(20)21(29-30)23(33)34)13-3-7-16(8-4-13)28-22(32)15-6-10-19(31(35)36)18(11-15)24(25,26)27/h3-12H,2H2,1H3,(H,28,32)(H,33,34). The topological polar surface area (TPSA) is 127 Å². The van der Waals surface area contributed by atoms with Gasteiger partial charge in [0, 0.05) is 29.2 Å². The van der Waals surface area contributed by atoms with Crippen molar-refractivity contribution in [2.24, 2.45) is 0 Å². The molecule has 0 atom stereocenters. The lowest BCUT2D eigenvalue weighted by atomic mass is 10.0. The van der Waals surface area contributed by atoms with Crippen LogP contribution in [0.5, 0.6) is 0 Å². The third-order valence-corrected chi connectivity index (χ3v) is 5.49. The monoisotopic (exact) mass is 498 g/mol. The van der Waals surface area contributed by atoms with Crippen molar-refractivity contribution in [3.63, 3.8) is 0 Å². The first-order chi connectivity index (χ1) is 17.0. The van der Waals surface area contributed by atoms with Gasteiger partial charge in [-0.05, 0) is 54.4 Å². The van der Waals surface area contributed by atoms with Crippen LogP contribution in [0.1, 0.15) is 33.3 Å². The highest BCUT2D eigenvalue weighted by atomic mass is 19.4. The fourth-order valence-electron chi connectivity index (χ4n) is 3.77. The van der Waals surface area contributed by atoms with Crippen LogP contribution in [0.25, 0.3) is 22.0 Å². The lowest BCUT2D eigenvalue weighted by Crippen LogP contribution is -2.15. The molecule has 0 radical (unpaired) electrons. The van der Waals surface area contributed by atoms with E-state index in [1.54, 1.807) is 47.1 Å². The molecule has 1 aromatic heterocycles. The summed E-state index contributed by atoms with van der Waals surface area (Å²) in [6.45, 7) is 2.31. The summed E-state index contributed by atoms with van der Waals surface area (Å²) in [5.41, 5.74) is -0.640. The molecule has 0 aliphatic heterocycles. The van der Waals surface area contributed by atoms with Crippen LogP contribution in [0.4, 0.5) is 24.5 Å². The maximum Gasteiger partial charge on any atom is 0.423 e. The van der Waals surface area contributed by atoms with Crippen molar-refractivity contribution < 1.29 is 32.8 Å². The summed E-state index contributed by atoms with van der Waals surface area (Å²) < 4.78 is 41.2. The van der Waals surface area contributed by atoms with E-state index < -0.39 is 34.2 Å². The summed E-state index contributed by atoms with van der Waals surface area (Å²) >= 11 is 0. The molecule has 12 heteroatoms. The van der Waals surface area contributed by atoms with Crippen molar-refractivity contribution in [1.82, 2.24) is 9.78 Å². The number of anilines is 1. The van der Waals surface area contributed by atoms with E-state index in [1.807, 2.05) is 6.92 Å². The molecule has 0 fully saturated rings. The van der Waals surface area contributed by atoms with Crippen molar-refractivity contribution >= 4 is 34.2 Å². The Morgan fingerprint density at radius 2 is 1.72 bits per heavy atom. The molecule has 4 aromatic rings. The van der Waals surface area contributed by atoms with E-state index in [1.165, 1.54) is 0 Å². The molecule has 9 nitrogen and oxygen atoms in total. The molecular weight excluding hydrogens is 481 g/mol. The van der Waals surface area contributed by atoms with Crippen molar-refractivity contribution in [2.45, 2.75) is 19.6 Å². The Labute approximate surface area is 200 Å². The smallest absolute Gasteiger partial charge is 0.423 e. The molecule has 2 N–H and O–H groups in total. The minimum atomic E-state index is -5.00. The van der Waals surface area contributed by atoms with E-state index in [0.717, 1.165) is 17.2 Å². The first-order valence-electron chi connectivity index (χ1n) is 10.5. The van der Waals surface area contributed by atoms with Gasteiger partial charge in [-0.2, -0.15) is 18.3 Å². The number of amides is 1. The van der Waals surface area contributed by atoms with E-state index in [-0.39, 0.29) is 11.3 Å². The molecule has 0 spiro atoms. The Morgan fingerprint density at radius 3 is 2.31 bits per heavy atom. The molecular formula is C24H17F3N4O5. The zero-order valence-electron chi connectivity index (χ0n) is 18.5. The summed E-state index contributed by atoms with van der Waals surface area (Å²) in [4.78, 5) is 33.7. The molecule has 1 amide bonds. The highest BCUT2D eigenvalue weighted by Gasteiger charge is 2.38. The second-order valence-corrected chi connectivity index (χ2v) is 7.72. The number of aromatic carboxylic acids is 1. The minimum Gasteiger partial charge on any atom is -0.476 e. The lowest BCUT2D eigenvalue weighted by molar-refractivity contribution is -0.388. The molecule has 3 aromatic carbocycles. The maximum atomic E-state index is 13.2. The molecule has 0 bridgehead atoms. The van der Waals surface area contributed by atoms with Crippen molar-refractivity contribution in [3.8, 4) is 11.1 Å². The van der Waals surface area contributed by atoms with Gasteiger partial charge in [0.1, 0.15) is 5.56 Å². The van der Waals surface area contributed by atoms with Gasteiger partial charge in [-0.25, -0.2) is 4.79 Å². The average Bonchev–Trinajstić information content (AvgIpc) is 3.22. The second-order valence-electron chi connectivity index (χ2n) is 7.72. The van der Waals surface area contributed by atoms with Gasteiger partial charge in [-0.15, -0.1) is 0 Å². The number of benzene rings is 3. The largest absolute Gasteiger partial charge is 0.476 e. The van der Waals surface area contributed by atoms with Crippen LogP contribution in [-0.4, -0.2) is 31.7 Å². The van der Waals surface area contributed by atoms with Gasteiger partial charge in [-0.3, -0.25) is 19.6 Å². The van der Waals surface area contributed by atoms with E-state index in [9.17, 15) is 38.0 Å². The van der Waals surface area contributed by atoms with Crippen molar-refractivity contribution in [3.05, 3.63) is 87.6 Å². The molecule has 0 saturated carbocycles. The van der Waals surface area contributed by atoms with E-state index in [4.69, 9.17) is 0 Å². The number of hydrogen-bond acceptors (Lipinski definition) is 5. The molecule has 0 unspecified atom stereocenters. The highest BCUT2D eigenvalue weighted by Crippen LogP contribution is 2.36. The molecule has 1 heterocycles. The summed E-state index contributed by atoms with van der Waals surface area (Å²) in [6, 6.07) is 13.7. The molecule has 4 rings (SSSR count). The summed E-state index contributed by atoms with van der Waals surface area (Å²) in [5.74, 6) is -1.99. The van der Waals surface area contributed by atoms with Crippen LogP contribution in [0, 0.1) is 10.1 Å². The number of hydrogen-bond donors (Lipinski definition) is 2. The van der Waals surface area contributed by atoms with Crippen LogP contribution in [0.15, 0.2) is 60.7 Å². The number of aryl methyl sites for hydroxylation is 1. The van der Waals surface area contributed by atoms with Crippen LogP contribution >= 0.6 is 0 Å². The Hall–Kier alpha value is -4.74. The van der Waals surface area contributed by atoms with Crippen molar-refractivity contribution in [2.75, 3.05) is 5.32 Å². The number of carboxylic acid groups (broad SMARTS) is 1. The van der Waals surface area contributed by atoms with Crippen LogP contribution < -0.4 is 5.32 Å². The second kappa shape index (κ2) is 9.13. The Bertz CT molecular complexity index is 1510. The first-order valence-corrected chi connectivity index (χ1v) is 10.5. The van der Waals surface area contributed by atoms with E-state index in [0.29, 0.717) is 35.3 Å². The van der Waals surface area contributed by atoms with Gasteiger partial charge in [0.2, 0.25) is 0 Å². The Morgan fingerprint density at radius 1 is 1.06 bits per heavy atom. The molecule has 184 valence electrons. The third kappa shape index (κ3) is 4.60. The Balaban J connectivity index is 1.58. The third-order valence-electron chi connectivity index (χ3n) is 5.49. The quantitative estimate of drug-likeness (QED) is 0.263. The molecule has 0 saturated heterocycles. The number of carbonyl (C=O) groups excluding carboxylic acids is 1. The van der Waals surface area contributed by atoms with Crippen LogP contribution in [-0.2, 0) is 12.7 Å². The number of rotatable bonds is 6. The van der Waals surface area contributed by atoms with Gasteiger partial charge >= 0.3 is 12.1 Å². The molecule has 0 aliphatic rings. The number of nitrogens with zero attached hydrogens (tertiary/aromatic N) is 3. The predicted molar refractivity (Wildman–Crippen MR) is 124 cm³/mol. The van der Waals surface area contributed by atoms with Gasteiger partial charge in [0.15, 0.2) is 5.69 Å². The SMILES string of the molecule is CCn1nc(C(=O)O)c2ccc(-c3ccc(NC(=O)c4ccc([N+](=O)[O-])c(C(F)(F)F)c4)cc3)cc21. The van der Waals surface area contributed by atoms with Gasteiger partial charge in [0.25, 0.3) is 11.6 Å². The summed E-state index contributed by atoms with van der Waals surface area (Å²) in [6.07, 6.45) is -5.00. The van der Waals surface area contributed by atoms with Crippen LogP contribution in [0.3, 0.4) is 0 Å². The number of nitro groups is 1. The normalized spacial score (nSPS) is 11.4. The van der Waals surface area contributed by atoms with Gasteiger partial charge in [0.05, 0.1) is 10.4 Å². The number of fused-ring (bicyclic) bond motifs is 1. The Kier molecular flexibility index (Phi) is 6.19. The van der Waals surface area contributed by atoms with Crippen molar-refractivity contribution in [1.29, 1.82) is 0 Å². The van der Waals surface area contributed by atoms with Gasteiger partial charge in [-0.1, -0.05) is 18.2 Å². The number of nitrogens with one attached hydrogen (secondary N) is 1. The number of aromatic nitrogens is 2. The number of carboxylic acids is 1. The number of halogens is 3. The van der Waals surface area contributed by atoms with Crippen LogP contribution in [0.2, 0.25) is 0 Å². The number of carbonyl (C=O) groups is 2. The first kappa shape index (κ1) is 24.4. The molecule has 0 aliphatic carbocycles. The van der Waals surface area contributed by atoms with Gasteiger partial charge < -0.3 is 10.4 Å². The summed E-state index contributed by atoms with van der Waals surface area (Å²) in [5, 5.41) is 27.3. The fraction of sp³-hybridized carbons (Fsp3) is 0.125. The van der Waals surface area contributed by atoms with E-state index in [2.05, 4.69) is 10.4 Å². The summed E-state index contributed by atoms with van der Waals surface area (Å²) in [7, 11) is 0. The number of alkyl halides is 3. The zero-order valence-corrected chi connectivity index (χ0v) is 18.5.